The van der Waals surface area contributed by atoms with Crippen molar-refractivity contribution in [2.24, 2.45) is 0 Å². The van der Waals surface area contributed by atoms with Crippen molar-refractivity contribution in [1.82, 2.24) is 19.7 Å². The molecule has 1 aliphatic rings. The Balaban J connectivity index is 1.54. The summed E-state index contributed by atoms with van der Waals surface area (Å²) >= 11 is 0. The van der Waals surface area contributed by atoms with Crippen LogP contribution in [0.15, 0.2) is 42.9 Å². The third-order valence-electron chi connectivity index (χ3n) is 5.25. The summed E-state index contributed by atoms with van der Waals surface area (Å²) in [6.45, 7) is 4.24. The lowest BCUT2D eigenvalue weighted by Gasteiger charge is -2.15. The van der Waals surface area contributed by atoms with Gasteiger partial charge in [0.25, 0.3) is 0 Å². The second-order valence-corrected chi connectivity index (χ2v) is 7.38. The topological polar surface area (TPSA) is 55.6 Å². The molecule has 3 heterocycles. The number of hydrogen-bond acceptors (Lipinski definition) is 4. The molecule has 0 saturated heterocycles. The van der Waals surface area contributed by atoms with Gasteiger partial charge in [0.15, 0.2) is 0 Å². The van der Waals surface area contributed by atoms with Crippen LogP contribution in [0.5, 0.6) is 0 Å². The molecular weight excluding hydrogens is 334 g/mol. The Hall–Kier alpha value is -2.69. The van der Waals surface area contributed by atoms with Gasteiger partial charge in [0.2, 0.25) is 0 Å². The first-order chi connectivity index (χ1) is 13.2. The van der Waals surface area contributed by atoms with Gasteiger partial charge in [-0.25, -0.2) is 4.68 Å². The van der Waals surface area contributed by atoms with E-state index in [-0.39, 0.29) is 0 Å². The van der Waals surface area contributed by atoms with E-state index in [9.17, 15) is 0 Å². The van der Waals surface area contributed by atoms with Crippen molar-refractivity contribution in [1.29, 1.82) is 0 Å². The van der Waals surface area contributed by atoms with E-state index in [1.54, 1.807) is 0 Å². The molecule has 0 bridgehead atoms. The maximum absolute atomic E-state index is 4.81. The Labute approximate surface area is 160 Å². The molecule has 1 N–H and O–H groups in total. The highest BCUT2D eigenvalue weighted by Crippen LogP contribution is 2.26. The van der Waals surface area contributed by atoms with Crippen LogP contribution in [0.2, 0.25) is 0 Å². The molecule has 1 saturated carbocycles. The smallest absolute Gasteiger partial charge is 0.0738 e. The average molecular weight is 361 g/mol. The second-order valence-electron chi connectivity index (χ2n) is 7.38. The summed E-state index contributed by atoms with van der Waals surface area (Å²) < 4.78 is 1.90. The van der Waals surface area contributed by atoms with Crippen LogP contribution in [0.3, 0.4) is 0 Å². The minimum Gasteiger partial charge on any atom is -0.381 e. The highest BCUT2D eigenvalue weighted by atomic mass is 15.3. The highest BCUT2D eigenvalue weighted by Gasteiger charge is 2.16. The lowest BCUT2D eigenvalue weighted by atomic mass is 10.1. The van der Waals surface area contributed by atoms with Crippen molar-refractivity contribution in [3.8, 4) is 16.9 Å². The second kappa shape index (κ2) is 7.91. The first-order valence-electron chi connectivity index (χ1n) is 9.97. The van der Waals surface area contributed by atoms with Crippen LogP contribution in [0.4, 0.5) is 5.69 Å². The van der Waals surface area contributed by atoms with Crippen LogP contribution in [0, 0.1) is 6.92 Å². The van der Waals surface area contributed by atoms with Crippen LogP contribution in [-0.4, -0.2) is 25.8 Å². The molecule has 140 valence electrons. The molecule has 4 rings (SSSR count). The zero-order chi connectivity index (χ0) is 18.6. The van der Waals surface area contributed by atoms with Gasteiger partial charge < -0.3 is 5.32 Å². The molecule has 3 aromatic rings. The summed E-state index contributed by atoms with van der Waals surface area (Å²) in [7, 11) is 0. The summed E-state index contributed by atoms with van der Waals surface area (Å²) in [6, 6.07) is 8.93. The Morgan fingerprint density at radius 3 is 2.81 bits per heavy atom. The molecule has 3 aromatic heterocycles. The average Bonchev–Trinajstić information content (AvgIpc) is 3.36. The molecule has 0 aromatic carbocycles. The summed E-state index contributed by atoms with van der Waals surface area (Å²) in [4.78, 5) is 9.23. The molecule has 0 amide bonds. The van der Waals surface area contributed by atoms with Gasteiger partial charge in [-0.15, -0.1) is 0 Å². The fourth-order valence-electron chi connectivity index (χ4n) is 3.76. The highest BCUT2D eigenvalue weighted by molar-refractivity contribution is 5.62. The van der Waals surface area contributed by atoms with Gasteiger partial charge in [0.1, 0.15) is 0 Å². The van der Waals surface area contributed by atoms with Gasteiger partial charge in [-0.3, -0.25) is 9.97 Å². The lowest BCUT2D eigenvalue weighted by molar-refractivity contribution is 0.753. The molecule has 0 atom stereocenters. The number of nitrogens with one attached hydrogen (secondary N) is 1. The Kier molecular flexibility index (Phi) is 5.19. The van der Waals surface area contributed by atoms with E-state index in [0.717, 1.165) is 46.9 Å². The van der Waals surface area contributed by atoms with Crippen LogP contribution in [-0.2, 0) is 6.42 Å². The number of rotatable bonds is 6. The van der Waals surface area contributed by atoms with E-state index in [2.05, 4.69) is 47.4 Å². The van der Waals surface area contributed by atoms with Crippen LogP contribution in [0.1, 0.15) is 50.4 Å². The predicted octanol–water partition coefficient (Wildman–Crippen LogP) is 4.94. The maximum atomic E-state index is 4.81. The number of nitrogens with zero attached hydrogens (tertiary/aromatic N) is 4. The van der Waals surface area contributed by atoms with Gasteiger partial charge in [-0.2, -0.15) is 5.10 Å². The molecule has 27 heavy (non-hydrogen) atoms. The monoisotopic (exact) mass is 361 g/mol. The van der Waals surface area contributed by atoms with Crippen molar-refractivity contribution < 1.29 is 0 Å². The number of hydrogen-bond donors (Lipinski definition) is 1. The van der Waals surface area contributed by atoms with E-state index < -0.39 is 0 Å². The van der Waals surface area contributed by atoms with E-state index in [1.807, 2.05) is 29.3 Å². The number of aromatic nitrogens is 4. The quantitative estimate of drug-likeness (QED) is 0.675. The molecular formula is C22H27N5. The van der Waals surface area contributed by atoms with E-state index in [4.69, 9.17) is 4.98 Å². The summed E-state index contributed by atoms with van der Waals surface area (Å²) in [6.07, 6.45) is 13.0. The SMILES string of the molecule is CCCc1cc(-n2cc(-c3ccc(NC4CCCC4)c(C)n3)cn2)ccn1. The number of aryl methyl sites for hydroxylation is 2. The Bertz CT molecular complexity index is 909. The lowest BCUT2D eigenvalue weighted by Crippen LogP contribution is -2.15. The largest absolute Gasteiger partial charge is 0.381 e. The zero-order valence-corrected chi connectivity index (χ0v) is 16.2. The number of anilines is 1. The van der Waals surface area contributed by atoms with Gasteiger partial charge in [0.05, 0.1) is 29.0 Å². The third kappa shape index (κ3) is 4.02. The van der Waals surface area contributed by atoms with E-state index >= 15 is 0 Å². The van der Waals surface area contributed by atoms with Crippen molar-refractivity contribution in [3.63, 3.8) is 0 Å². The summed E-state index contributed by atoms with van der Waals surface area (Å²) in [5.41, 5.74) is 6.31. The zero-order valence-electron chi connectivity index (χ0n) is 16.2. The minimum atomic E-state index is 0.600. The van der Waals surface area contributed by atoms with E-state index in [1.165, 1.54) is 25.7 Å². The minimum absolute atomic E-state index is 0.600. The van der Waals surface area contributed by atoms with Crippen LogP contribution >= 0.6 is 0 Å². The van der Waals surface area contributed by atoms with E-state index in [0.29, 0.717) is 6.04 Å². The molecule has 5 heteroatoms. The fraction of sp³-hybridized carbons (Fsp3) is 0.409. The van der Waals surface area contributed by atoms with Crippen LogP contribution < -0.4 is 5.32 Å². The molecule has 1 aliphatic carbocycles. The Morgan fingerprint density at radius 2 is 2.04 bits per heavy atom. The van der Waals surface area contributed by atoms with Gasteiger partial charge >= 0.3 is 0 Å². The molecule has 1 fully saturated rings. The predicted molar refractivity (Wildman–Crippen MR) is 109 cm³/mol. The first kappa shape index (κ1) is 17.7. The van der Waals surface area contributed by atoms with Crippen molar-refractivity contribution in [2.45, 2.75) is 58.4 Å². The standard InChI is InChI=1S/C22H27N5/c1-3-6-19-13-20(11-12-23-19)27-15-17(14-24-27)22-10-9-21(16(2)25-22)26-18-7-4-5-8-18/h9-15,18,26H,3-8H2,1-2H3. The van der Waals surface area contributed by atoms with Gasteiger partial charge in [0, 0.05) is 29.7 Å². The van der Waals surface area contributed by atoms with Gasteiger partial charge in [-0.1, -0.05) is 26.2 Å². The molecule has 0 radical (unpaired) electrons. The van der Waals surface area contributed by atoms with Crippen molar-refractivity contribution >= 4 is 5.69 Å². The normalized spacial score (nSPS) is 14.6. The van der Waals surface area contributed by atoms with Crippen molar-refractivity contribution in [2.75, 3.05) is 5.32 Å². The molecule has 0 aliphatic heterocycles. The summed E-state index contributed by atoms with van der Waals surface area (Å²) in [5.74, 6) is 0. The third-order valence-corrected chi connectivity index (χ3v) is 5.25. The summed E-state index contributed by atoms with van der Waals surface area (Å²) in [5, 5.41) is 8.18. The van der Waals surface area contributed by atoms with Crippen molar-refractivity contribution in [3.05, 3.63) is 54.2 Å². The maximum Gasteiger partial charge on any atom is 0.0738 e. The number of pyridine rings is 2. The molecule has 0 spiro atoms. The van der Waals surface area contributed by atoms with Gasteiger partial charge in [-0.05, 0) is 50.5 Å². The van der Waals surface area contributed by atoms with Crippen LogP contribution in [0.25, 0.3) is 16.9 Å². The molecule has 0 unspecified atom stereocenters. The Morgan fingerprint density at radius 1 is 1.19 bits per heavy atom. The molecule has 5 nitrogen and oxygen atoms in total. The fourth-order valence-corrected chi connectivity index (χ4v) is 3.76. The first-order valence-corrected chi connectivity index (χ1v) is 9.97.